The van der Waals surface area contributed by atoms with Crippen molar-refractivity contribution in [1.82, 2.24) is 0 Å². The van der Waals surface area contributed by atoms with Crippen LogP contribution in [0.25, 0.3) is 0 Å². The first-order valence-electron chi connectivity index (χ1n) is 6.37. The smallest absolute Gasteiger partial charge is 0.128 e. The average Bonchev–Trinajstić information content (AvgIpc) is 2.32. The van der Waals surface area contributed by atoms with Gasteiger partial charge in [-0.3, -0.25) is 0 Å². The summed E-state index contributed by atoms with van der Waals surface area (Å²) < 4.78 is 5.49. The normalized spacial score (nSPS) is 14.5. The molecule has 1 aromatic carbocycles. The molecule has 0 amide bonds. The van der Waals surface area contributed by atoms with Gasteiger partial charge in [-0.05, 0) is 37.8 Å². The van der Waals surface area contributed by atoms with Crippen LogP contribution < -0.4 is 4.74 Å². The van der Waals surface area contributed by atoms with Crippen molar-refractivity contribution >= 4 is 0 Å². The van der Waals surface area contributed by atoms with Crippen LogP contribution in [0.1, 0.15) is 49.8 Å². The van der Waals surface area contributed by atoms with Crippen molar-refractivity contribution in [2.75, 3.05) is 7.11 Å². The van der Waals surface area contributed by atoms with E-state index in [-0.39, 0.29) is 0 Å². The van der Waals surface area contributed by atoms with Gasteiger partial charge in [-0.25, -0.2) is 0 Å². The van der Waals surface area contributed by atoms with E-state index in [4.69, 9.17) is 4.74 Å². The Labute approximate surface area is 105 Å². The summed E-state index contributed by atoms with van der Waals surface area (Å²) in [5.41, 5.74) is 2.47. The fourth-order valence-corrected chi connectivity index (χ4v) is 2.34. The minimum Gasteiger partial charge on any atom is -0.496 e. The quantitative estimate of drug-likeness (QED) is 0.844. The number of aryl methyl sites for hydroxylation is 1. The van der Waals surface area contributed by atoms with Gasteiger partial charge in [0.25, 0.3) is 0 Å². The van der Waals surface area contributed by atoms with Crippen molar-refractivity contribution < 1.29 is 9.84 Å². The Morgan fingerprint density at radius 3 is 2.35 bits per heavy atom. The molecule has 1 atom stereocenters. The van der Waals surface area contributed by atoms with Gasteiger partial charge in [0.05, 0.1) is 12.7 Å². The molecular weight excluding hydrogens is 212 g/mol. The van der Waals surface area contributed by atoms with Crippen LogP contribution in [0.4, 0.5) is 0 Å². The highest BCUT2D eigenvalue weighted by molar-refractivity contribution is 5.48. The molecule has 1 rings (SSSR count). The van der Waals surface area contributed by atoms with Crippen molar-refractivity contribution in [2.24, 2.45) is 0 Å². The average molecular weight is 236 g/mol. The van der Waals surface area contributed by atoms with Crippen molar-refractivity contribution in [3.05, 3.63) is 28.8 Å². The molecule has 0 aliphatic heterocycles. The predicted molar refractivity (Wildman–Crippen MR) is 71.6 cm³/mol. The molecule has 0 spiro atoms. The topological polar surface area (TPSA) is 29.5 Å². The molecule has 0 aromatic heterocycles. The van der Waals surface area contributed by atoms with E-state index in [1.807, 2.05) is 19.9 Å². The molecule has 2 heteroatoms. The van der Waals surface area contributed by atoms with Crippen molar-refractivity contribution in [2.45, 2.75) is 52.6 Å². The molecule has 0 fully saturated rings. The number of hydrogen-bond acceptors (Lipinski definition) is 2. The van der Waals surface area contributed by atoms with E-state index in [1.54, 1.807) is 7.11 Å². The van der Waals surface area contributed by atoms with Crippen molar-refractivity contribution in [3.8, 4) is 5.75 Å². The molecule has 0 aliphatic carbocycles. The first-order chi connectivity index (χ1) is 8.00. The number of benzene rings is 1. The zero-order chi connectivity index (χ0) is 13.1. The predicted octanol–water partition coefficient (Wildman–Crippen LogP) is 3.71. The number of methoxy groups -OCH3 is 1. The largest absolute Gasteiger partial charge is 0.496 e. The monoisotopic (exact) mass is 236 g/mol. The van der Waals surface area contributed by atoms with Gasteiger partial charge in [0.2, 0.25) is 0 Å². The van der Waals surface area contributed by atoms with Crippen LogP contribution in [-0.2, 0) is 5.60 Å². The summed E-state index contributed by atoms with van der Waals surface area (Å²) in [4.78, 5) is 0. The molecule has 0 saturated carbocycles. The molecule has 1 unspecified atom stereocenters. The van der Waals surface area contributed by atoms with E-state index in [0.29, 0.717) is 6.42 Å². The number of aliphatic hydroxyl groups is 1. The van der Waals surface area contributed by atoms with E-state index in [1.165, 1.54) is 5.56 Å². The second kappa shape index (κ2) is 5.54. The maximum absolute atomic E-state index is 10.7. The van der Waals surface area contributed by atoms with Crippen LogP contribution in [0, 0.1) is 13.8 Å². The van der Waals surface area contributed by atoms with Gasteiger partial charge in [0.15, 0.2) is 0 Å². The van der Waals surface area contributed by atoms with Crippen LogP contribution in [0.2, 0.25) is 0 Å². The van der Waals surface area contributed by atoms with E-state index in [9.17, 15) is 5.11 Å². The molecule has 2 nitrogen and oxygen atoms in total. The third kappa shape index (κ3) is 2.63. The van der Waals surface area contributed by atoms with Gasteiger partial charge in [-0.1, -0.05) is 32.4 Å². The third-order valence-corrected chi connectivity index (χ3v) is 3.63. The van der Waals surface area contributed by atoms with E-state index in [2.05, 4.69) is 19.9 Å². The minimum atomic E-state index is -0.765. The number of ether oxygens (including phenoxy) is 1. The zero-order valence-corrected chi connectivity index (χ0v) is 11.6. The Bertz CT molecular complexity index is 385. The maximum Gasteiger partial charge on any atom is 0.128 e. The van der Waals surface area contributed by atoms with Crippen LogP contribution in [0.3, 0.4) is 0 Å². The Balaban J connectivity index is 3.34. The SMILES string of the molecule is CCCC(O)(CC)c1ccc(C)c(C)c1OC. The summed E-state index contributed by atoms with van der Waals surface area (Å²) >= 11 is 0. The number of hydrogen-bond donors (Lipinski definition) is 1. The third-order valence-electron chi connectivity index (χ3n) is 3.63. The minimum absolute atomic E-state index is 0.708. The standard InChI is InChI=1S/C15H24O2/c1-6-10-15(16,7-2)13-9-8-11(3)12(4)14(13)17-5/h8-9,16H,6-7,10H2,1-5H3. The Morgan fingerprint density at radius 1 is 1.24 bits per heavy atom. The highest BCUT2D eigenvalue weighted by Gasteiger charge is 2.30. The lowest BCUT2D eigenvalue weighted by Gasteiger charge is -2.29. The first kappa shape index (κ1) is 14.0. The molecule has 0 aliphatic rings. The summed E-state index contributed by atoms with van der Waals surface area (Å²) in [6, 6.07) is 4.06. The van der Waals surface area contributed by atoms with Gasteiger partial charge >= 0.3 is 0 Å². The summed E-state index contributed by atoms with van der Waals surface area (Å²) in [5.74, 6) is 0.836. The lowest BCUT2D eigenvalue weighted by Crippen LogP contribution is -2.25. The summed E-state index contributed by atoms with van der Waals surface area (Å²) in [6.45, 7) is 8.21. The summed E-state index contributed by atoms with van der Waals surface area (Å²) in [6.07, 6.45) is 2.43. The van der Waals surface area contributed by atoms with E-state index >= 15 is 0 Å². The molecule has 0 radical (unpaired) electrons. The van der Waals surface area contributed by atoms with Gasteiger partial charge in [-0.2, -0.15) is 0 Å². The lowest BCUT2D eigenvalue weighted by atomic mass is 9.84. The van der Waals surface area contributed by atoms with E-state index < -0.39 is 5.60 Å². The molecule has 1 aromatic rings. The van der Waals surface area contributed by atoms with Gasteiger partial charge < -0.3 is 9.84 Å². The Morgan fingerprint density at radius 2 is 1.88 bits per heavy atom. The lowest BCUT2D eigenvalue weighted by molar-refractivity contribution is 0.0203. The second-order valence-electron chi connectivity index (χ2n) is 4.72. The molecule has 96 valence electrons. The summed E-state index contributed by atoms with van der Waals surface area (Å²) in [7, 11) is 1.67. The fraction of sp³-hybridized carbons (Fsp3) is 0.600. The Hall–Kier alpha value is -1.02. The van der Waals surface area contributed by atoms with E-state index in [0.717, 1.165) is 29.7 Å². The molecule has 0 bridgehead atoms. The molecule has 1 N–H and O–H groups in total. The van der Waals surface area contributed by atoms with Crippen molar-refractivity contribution in [1.29, 1.82) is 0 Å². The Kier molecular flexibility index (Phi) is 4.58. The van der Waals surface area contributed by atoms with Crippen LogP contribution >= 0.6 is 0 Å². The highest BCUT2D eigenvalue weighted by atomic mass is 16.5. The fourth-order valence-electron chi connectivity index (χ4n) is 2.34. The van der Waals surface area contributed by atoms with Crippen LogP contribution in [-0.4, -0.2) is 12.2 Å². The molecular formula is C15H24O2. The number of rotatable bonds is 5. The van der Waals surface area contributed by atoms with Gasteiger partial charge in [0, 0.05) is 5.56 Å². The highest BCUT2D eigenvalue weighted by Crippen LogP contribution is 2.38. The molecule has 0 saturated heterocycles. The molecule has 0 heterocycles. The van der Waals surface area contributed by atoms with Crippen molar-refractivity contribution in [3.63, 3.8) is 0 Å². The first-order valence-corrected chi connectivity index (χ1v) is 6.37. The maximum atomic E-state index is 10.7. The van der Waals surface area contributed by atoms with Gasteiger partial charge in [-0.15, -0.1) is 0 Å². The van der Waals surface area contributed by atoms with Gasteiger partial charge in [0.1, 0.15) is 5.75 Å². The van der Waals surface area contributed by atoms with Crippen LogP contribution in [0.15, 0.2) is 12.1 Å². The summed E-state index contributed by atoms with van der Waals surface area (Å²) in [5, 5.41) is 10.7. The zero-order valence-electron chi connectivity index (χ0n) is 11.6. The second-order valence-corrected chi connectivity index (χ2v) is 4.72. The van der Waals surface area contributed by atoms with Crippen LogP contribution in [0.5, 0.6) is 5.75 Å². The molecule has 17 heavy (non-hydrogen) atoms.